The van der Waals surface area contributed by atoms with Gasteiger partial charge in [-0.15, -0.1) is 0 Å². The molecule has 0 aliphatic carbocycles. The molecule has 94 valence electrons. The van der Waals surface area contributed by atoms with Crippen molar-refractivity contribution in [3.8, 4) is 0 Å². The van der Waals surface area contributed by atoms with Crippen LogP contribution in [-0.2, 0) is 4.79 Å². The Morgan fingerprint density at radius 1 is 1.25 bits per heavy atom. The molecule has 0 bridgehead atoms. The molecule has 4 nitrogen and oxygen atoms in total. The van der Waals surface area contributed by atoms with Gasteiger partial charge in [-0.25, -0.2) is 0 Å². The third-order valence-corrected chi connectivity index (χ3v) is 3.20. The van der Waals surface area contributed by atoms with Crippen molar-refractivity contribution in [2.24, 2.45) is 0 Å². The van der Waals surface area contributed by atoms with E-state index in [4.69, 9.17) is 0 Å². The van der Waals surface area contributed by atoms with Crippen molar-refractivity contribution in [1.29, 1.82) is 0 Å². The molecule has 1 rings (SSSR count). The number of carbonyl (C=O) groups is 1. The fraction of sp³-hybridized carbons (Fsp3) is 0.917. The van der Waals surface area contributed by atoms with E-state index in [0.29, 0.717) is 0 Å². The molecule has 0 saturated carbocycles. The topological polar surface area (TPSA) is 44.4 Å². The van der Waals surface area contributed by atoms with E-state index in [0.717, 1.165) is 6.54 Å². The molecule has 0 aromatic rings. The zero-order valence-electron chi connectivity index (χ0n) is 10.8. The Morgan fingerprint density at radius 3 is 2.44 bits per heavy atom. The average molecular weight is 227 g/mol. The van der Waals surface area contributed by atoms with Crippen LogP contribution in [-0.4, -0.2) is 49.6 Å². The molecule has 1 fully saturated rings. The minimum atomic E-state index is -0.108. The molecule has 2 unspecified atom stereocenters. The molecule has 4 heteroatoms. The van der Waals surface area contributed by atoms with Gasteiger partial charge in [0.2, 0.25) is 5.91 Å². The highest BCUT2D eigenvalue weighted by Gasteiger charge is 2.16. The van der Waals surface area contributed by atoms with Gasteiger partial charge in [0.05, 0.1) is 6.04 Å². The lowest BCUT2D eigenvalue weighted by Gasteiger charge is -2.29. The molecule has 2 atom stereocenters. The predicted octanol–water partition coefficient (Wildman–Crippen LogP) is 0.585. The second kappa shape index (κ2) is 6.86. The number of carbonyl (C=O) groups excluding carboxylic acids is 1. The quantitative estimate of drug-likeness (QED) is 0.722. The molecule has 1 aliphatic heterocycles. The van der Waals surface area contributed by atoms with Gasteiger partial charge in [-0.1, -0.05) is 6.42 Å². The summed E-state index contributed by atoms with van der Waals surface area (Å²) in [5, 5.41) is 5.98. The molecule has 1 heterocycles. The summed E-state index contributed by atoms with van der Waals surface area (Å²) in [6.45, 7) is 7.30. The third kappa shape index (κ3) is 4.49. The molecule has 16 heavy (non-hydrogen) atoms. The van der Waals surface area contributed by atoms with Crippen LogP contribution >= 0.6 is 0 Å². The van der Waals surface area contributed by atoms with Gasteiger partial charge in [-0.2, -0.15) is 0 Å². The van der Waals surface area contributed by atoms with Gasteiger partial charge in [-0.05, 0) is 46.8 Å². The fourth-order valence-corrected chi connectivity index (χ4v) is 2.07. The number of hydrogen-bond donors (Lipinski definition) is 2. The number of likely N-dealkylation sites (N-methyl/N-ethyl adjacent to an activating group) is 1. The number of nitrogens with one attached hydrogen (secondary N) is 2. The zero-order valence-corrected chi connectivity index (χ0v) is 10.8. The Morgan fingerprint density at radius 2 is 1.88 bits per heavy atom. The molecule has 1 amide bonds. The van der Waals surface area contributed by atoms with Crippen molar-refractivity contribution in [2.45, 2.75) is 45.2 Å². The van der Waals surface area contributed by atoms with E-state index in [1.54, 1.807) is 7.05 Å². The monoisotopic (exact) mass is 227 g/mol. The van der Waals surface area contributed by atoms with Gasteiger partial charge in [-0.3, -0.25) is 4.79 Å². The van der Waals surface area contributed by atoms with Crippen LogP contribution in [0.2, 0.25) is 0 Å². The SMILES string of the molecule is CNC(C)C(=O)NC(C)CN1CCCCC1. The predicted molar refractivity (Wildman–Crippen MR) is 66.4 cm³/mol. The molecule has 0 aromatic heterocycles. The summed E-state index contributed by atoms with van der Waals surface area (Å²) in [6.07, 6.45) is 3.95. The first-order valence-electron chi connectivity index (χ1n) is 6.33. The summed E-state index contributed by atoms with van der Waals surface area (Å²) >= 11 is 0. The Labute approximate surface area is 98.8 Å². The van der Waals surface area contributed by atoms with E-state index in [9.17, 15) is 4.79 Å². The van der Waals surface area contributed by atoms with E-state index in [1.165, 1.54) is 32.4 Å². The van der Waals surface area contributed by atoms with Crippen LogP contribution < -0.4 is 10.6 Å². The van der Waals surface area contributed by atoms with Crippen molar-refractivity contribution in [1.82, 2.24) is 15.5 Å². The summed E-state index contributed by atoms with van der Waals surface area (Å²) in [6, 6.07) is 0.130. The van der Waals surface area contributed by atoms with Gasteiger partial charge >= 0.3 is 0 Å². The zero-order chi connectivity index (χ0) is 12.0. The largest absolute Gasteiger partial charge is 0.351 e. The minimum Gasteiger partial charge on any atom is -0.351 e. The molecule has 0 spiro atoms. The average Bonchev–Trinajstić information content (AvgIpc) is 2.29. The Kier molecular flexibility index (Phi) is 5.77. The van der Waals surface area contributed by atoms with Gasteiger partial charge in [0.25, 0.3) is 0 Å². The van der Waals surface area contributed by atoms with E-state index in [1.807, 2.05) is 6.92 Å². The van der Waals surface area contributed by atoms with Crippen LogP contribution in [0.15, 0.2) is 0 Å². The molecule has 2 N–H and O–H groups in total. The van der Waals surface area contributed by atoms with Gasteiger partial charge < -0.3 is 15.5 Å². The highest BCUT2D eigenvalue weighted by Crippen LogP contribution is 2.08. The lowest BCUT2D eigenvalue weighted by Crippen LogP contribution is -2.48. The van der Waals surface area contributed by atoms with Crippen molar-refractivity contribution in [3.63, 3.8) is 0 Å². The van der Waals surface area contributed by atoms with Crippen molar-refractivity contribution in [3.05, 3.63) is 0 Å². The second-order valence-electron chi connectivity index (χ2n) is 4.78. The second-order valence-corrected chi connectivity index (χ2v) is 4.78. The molecule has 1 saturated heterocycles. The normalized spacial score (nSPS) is 21.4. The van der Waals surface area contributed by atoms with Crippen LogP contribution in [0, 0.1) is 0 Å². The van der Waals surface area contributed by atoms with Gasteiger partial charge in [0.15, 0.2) is 0 Å². The Balaban J connectivity index is 2.23. The Hall–Kier alpha value is -0.610. The minimum absolute atomic E-state index is 0.0898. The molecule has 0 aromatic carbocycles. The van der Waals surface area contributed by atoms with Crippen LogP contribution in [0.1, 0.15) is 33.1 Å². The van der Waals surface area contributed by atoms with E-state index >= 15 is 0 Å². The van der Waals surface area contributed by atoms with Crippen molar-refractivity contribution >= 4 is 5.91 Å². The first-order valence-corrected chi connectivity index (χ1v) is 6.33. The maximum absolute atomic E-state index is 11.6. The number of hydrogen-bond acceptors (Lipinski definition) is 3. The van der Waals surface area contributed by atoms with Crippen molar-refractivity contribution in [2.75, 3.05) is 26.7 Å². The maximum Gasteiger partial charge on any atom is 0.237 e. The molecular weight excluding hydrogens is 202 g/mol. The number of nitrogens with zero attached hydrogens (tertiary/aromatic N) is 1. The summed E-state index contributed by atoms with van der Waals surface area (Å²) in [5.74, 6) is 0.0898. The third-order valence-electron chi connectivity index (χ3n) is 3.20. The smallest absolute Gasteiger partial charge is 0.237 e. The van der Waals surface area contributed by atoms with Crippen LogP contribution in [0.25, 0.3) is 0 Å². The first-order chi connectivity index (χ1) is 7.63. The highest BCUT2D eigenvalue weighted by atomic mass is 16.2. The Bertz CT molecular complexity index is 214. The number of rotatable bonds is 5. The summed E-state index contributed by atoms with van der Waals surface area (Å²) in [5.41, 5.74) is 0. The first kappa shape index (κ1) is 13.5. The number of piperidine rings is 1. The summed E-state index contributed by atoms with van der Waals surface area (Å²) < 4.78 is 0. The van der Waals surface area contributed by atoms with Crippen molar-refractivity contribution < 1.29 is 4.79 Å². The van der Waals surface area contributed by atoms with E-state index in [-0.39, 0.29) is 18.0 Å². The van der Waals surface area contributed by atoms with Crippen LogP contribution in [0.5, 0.6) is 0 Å². The molecular formula is C12H25N3O. The molecule has 0 radical (unpaired) electrons. The highest BCUT2D eigenvalue weighted by molar-refractivity contribution is 5.81. The lowest BCUT2D eigenvalue weighted by molar-refractivity contribution is -0.123. The number of amides is 1. The van der Waals surface area contributed by atoms with Gasteiger partial charge in [0, 0.05) is 12.6 Å². The van der Waals surface area contributed by atoms with Gasteiger partial charge in [0.1, 0.15) is 0 Å². The standard InChI is InChI=1S/C12H25N3O/c1-10(14-12(16)11(2)13-3)9-15-7-5-4-6-8-15/h10-11,13H,4-9H2,1-3H3,(H,14,16). The molecule has 1 aliphatic rings. The van der Waals surface area contributed by atoms with E-state index in [2.05, 4.69) is 22.5 Å². The lowest BCUT2D eigenvalue weighted by atomic mass is 10.1. The summed E-state index contributed by atoms with van der Waals surface area (Å²) in [4.78, 5) is 14.1. The summed E-state index contributed by atoms with van der Waals surface area (Å²) in [7, 11) is 1.81. The number of likely N-dealkylation sites (tertiary alicyclic amines) is 1. The maximum atomic E-state index is 11.6. The van der Waals surface area contributed by atoms with Crippen LogP contribution in [0.3, 0.4) is 0 Å². The van der Waals surface area contributed by atoms with Crippen LogP contribution in [0.4, 0.5) is 0 Å². The fourth-order valence-electron chi connectivity index (χ4n) is 2.07. The van der Waals surface area contributed by atoms with E-state index < -0.39 is 0 Å².